The lowest BCUT2D eigenvalue weighted by atomic mass is 9.97. The quantitative estimate of drug-likeness (QED) is 0.506. The maximum Gasteiger partial charge on any atom is 0.264 e. The molecular weight excluding hydrogens is 455 g/mol. The Balaban J connectivity index is 1.82. The van der Waals surface area contributed by atoms with Gasteiger partial charge in [0.05, 0.1) is 15.6 Å². The summed E-state index contributed by atoms with van der Waals surface area (Å²) >= 11 is 12.4. The minimum Gasteiger partial charge on any atom is -0.354 e. The molecule has 166 valence electrons. The molecule has 2 aromatic rings. The Bertz CT molecular complexity index is 1070. The van der Waals surface area contributed by atoms with Crippen molar-refractivity contribution in [3.8, 4) is 0 Å². The molecule has 0 bridgehead atoms. The molecule has 0 heterocycles. The summed E-state index contributed by atoms with van der Waals surface area (Å²) in [4.78, 5) is 12.8. The molecule has 0 saturated carbocycles. The number of carbonyl (C=O) groups is 1. The second kappa shape index (κ2) is 10.5. The number of allylic oxidation sites excluding steroid dienone is 1. The van der Waals surface area contributed by atoms with E-state index in [1.54, 1.807) is 18.2 Å². The van der Waals surface area contributed by atoms with E-state index in [4.69, 9.17) is 23.2 Å². The lowest BCUT2D eigenvalue weighted by Crippen LogP contribution is -2.41. The molecule has 0 fully saturated rings. The predicted octanol–water partition coefficient (Wildman–Crippen LogP) is 5.50. The van der Waals surface area contributed by atoms with Crippen LogP contribution in [0.4, 0.5) is 5.69 Å². The minimum absolute atomic E-state index is 0.0781. The summed E-state index contributed by atoms with van der Waals surface area (Å²) in [5, 5.41) is 3.36. The molecule has 0 saturated heterocycles. The number of anilines is 1. The van der Waals surface area contributed by atoms with Gasteiger partial charge >= 0.3 is 0 Å². The van der Waals surface area contributed by atoms with E-state index in [0.29, 0.717) is 11.6 Å². The van der Waals surface area contributed by atoms with Gasteiger partial charge < -0.3 is 5.32 Å². The number of halogens is 2. The second-order valence-corrected chi connectivity index (χ2v) is 10.3. The van der Waals surface area contributed by atoms with Gasteiger partial charge in [-0.15, -0.1) is 0 Å². The molecule has 0 aromatic heterocycles. The predicted molar refractivity (Wildman–Crippen MR) is 126 cm³/mol. The number of benzene rings is 2. The lowest BCUT2D eigenvalue weighted by molar-refractivity contribution is -0.119. The molecule has 0 spiro atoms. The molecule has 1 aliphatic rings. The number of amides is 1. The molecule has 31 heavy (non-hydrogen) atoms. The van der Waals surface area contributed by atoms with Gasteiger partial charge in [0.2, 0.25) is 5.91 Å². The topological polar surface area (TPSA) is 66.5 Å². The Kier molecular flexibility index (Phi) is 8.03. The number of hydrogen-bond acceptors (Lipinski definition) is 3. The first kappa shape index (κ1) is 23.6. The maximum atomic E-state index is 13.4. The summed E-state index contributed by atoms with van der Waals surface area (Å²) in [5.74, 6) is -0.400. The Morgan fingerprint density at radius 3 is 2.52 bits per heavy atom. The summed E-state index contributed by atoms with van der Waals surface area (Å²) in [7, 11) is -4.03. The van der Waals surface area contributed by atoms with Crippen molar-refractivity contribution in [1.29, 1.82) is 0 Å². The third-order valence-electron chi connectivity index (χ3n) is 5.23. The fourth-order valence-corrected chi connectivity index (χ4v) is 5.36. The average molecular weight is 481 g/mol. The van der Waals surface area contributed by atoms with Gasteiger partial charge in [-0.2, -0.15) is 0 Å². The number of rotatable bonds is 8. The van der Waals surface area contributed by atoms with E-state index in [2.05, 4.69) is 11.4 Å². The Morgan fingerprint density at radius 2 is 1.84 bits per heavy atom. The molecule has 1 N–H and O–H groups in total. The van der Waals surface area contributed by atoms with Crippen molar-refractivity contribution in [2.75, 3.05) is 17.4 Å². The SMILES string of the molecule is Cc1ccc(S(=O)(=O)N(CC(=O)NCCC2=CCCCC2)c2cc(Cl)ccc2Cl)cc1. The van der Waals surface area contributed by atoms with E-state index < -0.39 is 22.5 Å². The van der Waals surface area contributed by atoms with E-state index in [-0.39, 0.29) is 15.6 Å². The fourth-order valence-electron chi connectivity index (χ4n) is 3.49. The Labute approximate surface area is 194 Å². The van der Waals surface area contributed by atoms with Crippen LogP contribution in [0.1, 0.15) is 37.7 Å². The standard InChI is InChI=1S/C23H26Cl2N2O3S/c1-17-7-10-20(11-8-17)31(29,30)27(22-15-19(24)9-12-21(22)25)16-23(28)26-14-13-18-5-3-2-4-6-18/h5,7-12,15H,2-4,6,13-14,16H2,1H3,(H,26,28). The van der Waals surface area contributed by atoms with Gasteiger partial charge in [-0.3, -0.25) is 9.10 Å². The normalized spacial score (nSPS) is 14.1. The van der Waals surface area contributed by atoms with E-state index in [0.717, 1.165) is 29.1 Å². The summed E-state index contributed by atoms with van der Waals surface area (Å²) < 4.78 is 27.8. The van der Waals surface area contributed by atoms with Crippen LogP contribution in [-0.2, 0) is 14.8 Å². The van der Waals surface area contributed by atoms with Gasteiger partial charge in [-0.25, -0.2) is 8.42 Å². The first-order valence-corrected chi connectivity index (χ1v) is 12.5. The third-order valence-corrected chi connectivity index (χ3v) is 7.56. The summed E-state index contributed by atoms with van der Waals surface area (Å²) in [6.45, 7) is 1.94. The van der Waals surface area contributed by atoms with E-state index >= 15 is 0 Å². The smallest absolute Gasteiger partial charge is 0.264 e. The van der Waals surface area contributed by atoms with Gasteiger partial charge in [-0.1, -0.05) is 52.5 Å². The molecule has 0 aliphatic heterocycles. The van der Waals surface area contributed by atoms with Gasteiger partial charge in [0.1, 0.15) is 6.54 Å². The van der Waals surface area contributed by atoms with Crippen LogP contribution in [-0.4, -0.2) is 27.4 Å². The number of nitrogens with zero attached hydrogens (tertiary/aromatic N) is 1. The van der Waals surface area contributed by atoms with Gasteiger partial charge in [0, 0.05) is 11.6 Å². The largest absolute Gasteiger partial charge is 0.354 e. The summed E-state index contributed by atoms with van der Waals surface area (Å²) in [5.41, 5.74) is 2.44. The highest BCUT2D eigenvalue weighted by molar-refractivity contribution is 7.92. The molecule has 3 rings (SSSR count). The molecule has 0 radical (unpaired) electrons. The minimum atomic E-state index is -4.03. The van der Waals surface area contributed by atoms with Crippen molar-refractivity contribution in [3.05, 3.63) is 69.7 Å². The number of carbonyl (C=O) groups excluding carboxylic acids is 1. The number of sulfonamides is 1. The van der Waals surface area contributed by atoms with Crippen LogP contribution in [0.5, 0.6) is 0 Å². The molecular formula is C23H26Cl2N2O3S. The zero-order valence-electron chi connectivity index (χ0n) is 17.4. The highest BCUT2D eigenvalue weighted by atomic mass is 35.5. The number of hydrogen-bond donors (Lipinski definition) is 1. The molecule has 1 amide bonds. The van der Waals surface area contributed by atoms with Crippen molar-refractivity contribution in [2.24, 2.45) is 0 Å². The zero-order valence-corrected chi connectivity index (χ0v) is 19.7. The van der Waals surface area contributed by atoms with E-state index in [1.165, 1.54) is 42.7 Å². The Hall–Kier alpha value is -2.02. The molecule has 2 aromatic carbocycles. The number of nitrogens with one attached hydrogen (secondary N) is 1. The zero-order chi connectivity index (χ0) is 22.4. The third kappa shape index (κ3) is 6.25. The van der Waals surface area contributed by atoms with E-state index in [1.807, 2.05) is 6.92 Å². The molecule has 8 heteroatoms. The van der Waals surface area contributed by atoms with Crippen LogP contribution < -0.4 is 9.62 Å². The van der Waals surface area contributed by atoms with E-state index in [9.17, 15) is 13.2 Å². The first-order valence-electron chi connectivity index (χ1n) is 10.3. The monoisotopic (exact) mass is 480 g/mol. The highest BCUT2D eigenvalue weighted by Gasteiger charge is 2.29. The molecule has 0 unspecified atom stereocenters. The highest BCUT2D eigenvalue weighted by Crippen LogP contribution is 2.33. The van der Waals surface area contributed by atoms with Gasteiger partial charge in [-0.05, 0) is 69.4 Å². The van der Waals surface area contributed by atoms with Gasteiger partial charge in [0.15, 0.2) is 0 Å². The Morgan fingerprint density at radius 1 is 1.10 bits per heavy atom. The molecule has 0 atom stereocenters. The van der Waals surface area contributed by atoms with Crippen LogP contribution in [0.15, 0.2) is 59.0 Å². The van der Waals surface area contributed by atoms with Crippen molar-refractivity contribution in [1.82, 2.24) is 5.32 Å². The summed E-state index contributed by atoms with van der Waals surface area (Å²) in [6, 6.07) is 11.0. The first-order chi connectivity index (χ1) is 14.8. The fraction of sp³-hybridized carbons (Fsp3) is 0.348. The van der Waals surface area contributed by atoms with Crippen LogP contribution >= 0.6 is 23.2 Å². The van der Waals surface area contributed by atoms with Crippen LogP contribution in [0.25, 0.3) is 0 Å². The van der Waals surface area contributed by atoms with Crippen molar-refractivity contribution in [3.63, 3.8) is 0 Å². The van der Waals surface area contributed by atoms with Crippen LogP contribution in [0.3, 0.4) is 0 Å². The van der Waals surface area contributed by atoms with Gasteiger partial charge in [0.25, 0.3) is 10.0 Å². The van der Waals surface area contributed by atoms with Crippen LogP contribution in [0, 0.1) is 6.92 Å². The van der Waals surface area contributed by atoms with Crippen molar-refractivity contribution < 1.29 is 13.2 Å². The van der Waals surface area contributed by atoms with Crippen LogP contribution in [0.2, 0.25) is 10.0 Å². The lowest BCUT2D eigenvalue weighted by Gasteiger charge is -2.25. The number of aryl methyl sites for hydroxylation is 1. The molecule has 1 aliphatic carbocycles. The van der Waals surface area contributed by atoms with Crippen molar-refractivity contribution >= 4 is 44.8 Å². The second-order valence-electron chi connectivity index (χ2n) is 7.63. The molecule has 5 nitrogen and oxygen atoms in total. The summed E-state index contributed by atoms with van der Waals surface area (Å²) in [6.07, 6.45) is 7.53. The average Bonchev–Trinajstić information content (AvgIpc) is 2.75. The van der Waals surface area contributed by atoms with Crippen molar-refractivity contribution in [2.45, 2.75) is 43.9 Å². The maximum absolute atomic E-state index is 13.4.